The summed E-state index contributed by atoms with van der Waals surface area (Å²) >= 11 is 0. The molecule has 0 radical (unpaired) electrons. The van der Waals surface area contributed by atoms with Crippen molar-refractivity contribution in [3.8, 4) is 0 Å². The lowest BCUT2D eigenvalue weighted by Crippen LogP contribution is -2.15. The highest BCUT2D eigenvalue weighted by atomic mass is 16.5. The molecular formula is C21H25N3O5. The maximum atomic E-state index is 12.6. The normalized spacial score (nSPS) is 11.0. The molecule has 0 unspecified atom stereocenters. The first-order chi connectivity index (χ1) is 14.0. The van der Waals surface area contributed by atoms with Gasteiger partial charge in [-0.15, -0.1) is 0 Å². The molecule has 0 fully saturated rings. The zero-order valence-electron chi connectivity index (χ0n) is 16.9. The lowest BCUT2D eigenvalue weighted by atomic mass is 10.1. The molecule has 154 valence electrons. The molecule has 3 aromatic heterocycles. The molecule has 0 spiro atoms. The Kier molecular flexibility index (Phi) is 6.66. The van der Waals surface area contributed by atoms with Gasteiger partial charge in [0.05, 0.1) is 6.54 Å². The van der Waals surface area contributed by atoms with Crippen molar-refractivity contribution in [2.75, 3.05) is 20.3 Å². The Morgan fingerprint density at radius 3 is 2.79 bits per heavy atom. The number of esters is 1. The molecule has 0 aliphatic rings. The molecule has 0 saturated heterocycles. The van der Waals surface area contributed by atoms with Crippen LogP contribution in [0.4, 0.5) is 0 Å². The molecule has 8 nitrogen and oxygen atoms in total. The Labute approximate surface area is 169 Å². The molecule has 3 aromatic rings. The summed E-state index contributed by atoms with van der Waals surface area (Å²) in [4.78, 5) is 24.8. The third kappa shape index (κ3) is 5.03. The maximum Gasteiger partial charge on any atom is 0.374 e. The molecule has 8 heteroatoms. The van der Waals surface area contributed by atoms with Crippen LogP contribution in [0.3, 0.4) is 0 Å². The second-order valence-corrected chi connectivity index (χ2v) is 6.75. The smallest absolute Gasteiger partial charge is 0.374 e. The van der Waals surface area contributed by atoms with Gasteiger partial charge in [-0.3, -0.25) is 9.48 Å². The minimum absolute atomic E-state index is 0.0602. The van der Waals surface area contributed by atoms with E-state index in [0.717, 1.165) is 24.4 Å². The number of rotatable bonds is 10. The van der Waals surface area contributed by atoms with Crippen molar-refractivity contribution in [2.24, 2.45) is 0 Å². The Morgan fingerprint density at radius 2 is 2.07 bits per heavy atom. The number of hydrogen-bond acceptors (Lipinski definition) is 6. The summed E-state index contributed by atoms with van der Waals surface area (Å²) in [5.41, 5.74) is 2.41. The summed E-state index contributed by atoms with van der Waals surface area (Å²) in [5, 5.41) is 4.09. The summed E-state index contributed by atoms with van der Waals surface area (Å²) in [6.45, 7) is 5.34. The number of carbonyl (C=O) groups excluding carboxylic acids is 2. The average molecular weight is 399 g/mol. The molecule has 0 N–H and O–H groups in total. The van der Waals surface area contributed by atoms with E-state index in [-0.39, 0.29) is 18.2 Å². The third-order valence-electron chi connectivity index (χ3n) is 4.68. The number of Topliss-reactive ketones (excluding diaryl/α,β-unsaturated/α-hetero) is 1. The fourth-order valence-electron chi connectivity index (χ4n) is 3.20. The average Bonchev–Trinajstić information content (AvgIpc) is 3.44. The summed E-state index contributed by atoms with van der Waals surface area (Å²) in [7, 11) is 1.66. The number of furan rings is 1. The molecule has 0 aromatic carbocycles. The third-order valence-corrected chi connectivity index (χ3v) is 4.68. The van der Waals surface area contributed by atoms with Gasteiger partial charge in [0.2, 0.25) is 11.5 Å². The highest BCUT2D eigenvalue weighted by Gasteiger charge is 2.19. The minimum atomic E-state index is -0.668. The minimum Gasteiger partial charge on any atom is -0.452 e. The predicted molar refractivity (Wildman–Crippen MR) is 105 cm³/mol. The largest absolute Gasteiger partial charge is 0.452 e. The first-order valence-electron chi connectivity index (χ1n) is 9.41. The molecule has 0 atom stereocenters. The molecule has 0 bridgehead atoms. The lowest BCUT2D eigenvalue weighted by molar-refractivity contribution is 0.0442. The van der Waals surface area contributed by atoms with E-state index in [1.165, 1.54) is 6.07 Å². The zero-order chi connectivity index (χ0) is 20.8. The van der Waals surface area contributed by atoms with Gasteiger partial charge in [-0.25, -0.2) is 4.79 Å². The van der Waals surface area contributed by atoms with Crippen molar-refractivity contribution in [3.05, 3.63) is 65.1 Å². The van der Waals surface area contributed by atoms with Crippen LogP contribution < -0.4 is 0 Å². The van der Waals surface area contributed by atoms with Gasteiger partial charge >= 0.3 is 5.97 Å². The van der Waals surface area contributed by atoms with Crippen LogP contribution in [0.2, 0.25) is 0 Å². The predicted octanol–water partition coefficient (Wildman–Crippen LogP) is 3.02. The van der Waals surface area contributed by atoms with Crippen molar-refractivity contribution in [1.82, 2.24) is 14.3 Å². The zero-order valence-corrected chi connectivity index (χ0v) is 16.9. The van der Waals surface area contributed by atoms with Crippen molar-refractivity contribution in [3.63, 3.8) is 0 Å². The summed E-state index contributed by atoms with van der Waals surface area (Å²) in [5.74, 6) is -0.275. The maximum absolute atomic E-state index is 12.6. The van der Waals surface area contributed by atoms with E-state index in [2.05, 4.69) is 9.67 Å². The Morgan fingerprint density at radius 1 is 1.24 bits per heavy atom. The first-order valence-corrected chi connectivity index (χ1v) is 9.41. The van der Waals surface area contributed by atoms with Crippen LogP contribution in [0.5, 0.6) is 0 Å². The molecule has 0 aliphatic carbocycles. The number of nitrogens with zero attached hydrogens (tertiary/aromatic N) is 3. The van der Waals surface area contributed by atoms with E-state index in [1.54, 1.807) is 36.3 Å². The molecule has 3 rings (SSSR count). The van der Waals surface area contributed by atoms with Crippen LogP contribution in [-0.4, -0.2) is 46.4 Å². The standard InChI is InChI=1S/C21H25N3O5/c1-15-12-18(16(2)24(15)10-5-11-27-3)19(25)14-28-21(26)20-7-6-17(29-20)13-23-9-4-8-22-23/h4,6-9,12H,5,10-11,13-14H2,1-3H3. The first kappa shape index (κ1) is 20.6. The van der Waals surface area contributed by atoms with Gasteiger partial charge in [-0.1, -0.05) is 0 Å². The second-order valence-electron chi connectivity index (χ2n) is 6.75. The summed E-state index contributed by atoms with van der Waals surface area (Å²) in [6, 6.07) is 6.85. The number of ketones is 1. The number of aromatic nitrogens is 3. The summed E-state index contributed by atoms with van der Waals surface area (Å²) in [6.07, 6.45) is 4.32. The monoisotopic (exact) mass is 399 g/mol. The number of carbonyl (C=O) groups is 2. The lowest BCUT2D eigenvalue weighted by Gasteiger charge is -2.09. The van der Waals surface area contributed by atoms with Gasteiger partial charge in [0, 0.05) is 49.6 Å². The molecule has 0 aliphatic heterocycles. The fourth-order valence-corrected chi connectivity index (χ4v) is 3.20. The van der Waals surface area contributed by atoms with Crippen LogP contribution in [0, 0.1) is 13.8 Å². The Hall–Kier alpha value is -3.13. The van der Waals surface area contributed by atoms with Gasteiger partial charge in [-0.05, 0) is 44.5 Å². The highest BCUT2D eigenvalue weighted by molar-refractivity contribution is 6.00. The van der Waals surface area contributed by atoms with Gasteiger partial charge in [0.25, 0.3) is 0 Å². The molecular weight excluding hydrogens is 374 g/mol. The van der Waals surface area contributed by atoms with Gasteiger partial charge in [0.15, 0.2) is 6.61 Å². The van der Waals surface area contributed by atoms with Crippen molar-refractivity contribution >= 4 is 11.8 Å². The number of methoxy groups -OCH3 is 1. The van der Waals surface area contributed by atoms with Gasteiger partial charge in [0.1, 0.15) is 5.76 Å². The fraction of sp³-hybridized carbons (Fsp3) is 0.381. The van der Waals surface area contributed by atoms with E-state index >= 15 is 0 Å². The summed E-state index contributed by atoms with van der Waals surface area (Å²) < 4.78 is 19.5. The molecule has 3 heterocycles. The van der Waals surface area contributed by atoms with Crippen molar-refractivity contribution in [1.29, 1.82) is 0 Å². The number of aryl methyl sites for hydroxylation is 1. The second kappa shape index (κ2) is 9.38. The van der Waals surface area contributed by atoms with E-state index < -0.39 is 5.97 Å². The van der Waals surface area contributed by atoms with E-state index in [1.807, 2.05) is 19.9 Å². The van der Waals surface area contributed by atoms with Crippen LogP contribution in [0.1, 0.15) is 44.5 Å². The van der Waals surface area contributed by atoms with Crippen LogP contribution in [0.15, 0.2) is 41.1 Å². The van der Waals surface area contributed by atoms with Crippen LogP contribution in [0.25, 0.3) is 0 Å². The van der Waals surface area contributed by atoms with E-state index in [9.17, 15) is 9.59 Å². The van der Waals surface area contributed by atoms with Crippen LogP contribution >= 0.6 is 0 Å². The number of hydrogen-bond donors (Lipinski definition) is 0. The molecule has 0 saturated carbocycles. The van der Waals surface area contributed by atoms with E-state index in [4.69, 9.17) is 13.9 Å². The Balaban J connectivity index is 1.57. The van der Waals surface area contributed by atoms with Crippen LogP contribution in [-0.2, 0) is 22.6 Å². The topological polar surface area (TPSA) is 88.5 Å². The Bertz CT molecular complexity index is 969. The van der Waals surface area contributed by atoms with Crippen molar-refractivity contribution in [2.45, 2.75) is 33.4 Å². The van der Waals surface area contributed by atoms with Gasteiger partial charge in [-0.2, -0.15) is 5.10 Å². The van der Waals surface area contributed by atoms with E-state index in [0.29, 0.717) is 24.5 Å². The number of ether oxygens (including phenoxy) is 2. The van der Waals surface area contributed by atoms with Crippen molar-refractivity contribution < 1.29 is 23.5 Å². The van der Waals surface area contributed by atoms with Gasteiger partial charge < -0.3 is 18.5 Å². The highest BCUT2D eigenvalue weighted by Crippen LogP contribution is 2.17. The molecule has 29 heavy (non-hydrogen) atoms. The SMILES string of the molecule is COCCCn1c(C)cc(C(=O)COC(=O)c2ccc(Cn3cccn3)o2)c1C. The molecule has 0 amide bonds. The quantitative estimate of drug-likeness (QED) is 0.296.